The summed E-state index contributed by atoms with van der Waals surface area (Å²) in [5.74, 6) is -0.701. The molecule has 0 bridgehead atoms. The molecule has 3 aromatic heterocycles. The normalized spacial score (nSPS) is 11.8. The largest absolute Gasteiger partial charge is 0.434 e. The number of benzene rings is 2. The molecular formula is C25H16ClF3N4O2. The standard InChI is InChI=1S/C25H16ClF3N4O2/c26-18-9-2-1-6-15(18)13-31-23(34)22-32-19(12-14-5-3-7-16(11-14)25(27,28)29)21-20(33-22)17-8-4-10-30-24(17)35-21/h1-11H,12-13H2,(H,31,34). The van der Waals surface area contributed by atoms with E-state index in [1.807, 2.05) is 0 Å². The average Bonchev–Trinajstić information content (AvgIpc) is 3.22. The van der Waals surface area contributed by atoms with Crippen LogP contribution in [0.5, 0.6) is 0 Å². The summed E-state index contributed by atoms with van der Waals surface area (Å²) in [5.41, 5.74) is 1.48. The first kappa shape index (κ1) is 22.8. The lowest BCUT2D eigenvalue weighted by atomic mass is 10.1. The third kappa shape index (κ3) is 4.67. The Balaban J connectivity index is 1.55. The summed E-state index contributed by atoms with van der Waals surface area (Å²) in [7, 11) is 0. The van der Waals surface area contributed by atoms with E-state index in [4.69, 9.17) is 16.0 Å². The number of halogens is 4. The third-order valence-corrected chi connectivity index (χ3v) is 5.76. The highest BCUT2D eigenvalue weighted by Crippen LogP contribution is 2.32. The van der Waals surface area contributed by atoms with Crippen LogP contribution >= 0.6 is 11.6 Å². The summed E-state index contributed by atoms with van der Waals surface area (Å²) in [6, 6.07) is 15.4. The molecule has 0 saturated heterocycles. The number of hydrogen-bond donors (Lipinski definition) is 1. The monoisotopic (exact) mass is 496 g/mol. The molecule has 0 saturated carbocycles. The van der Waals surface area contributed by atoms with Gasteiger partial charge < -0.3 is 9.73 Å². The quantitative estimate of drug-likeness (QED) is 0.324. The Morgan fingerprint density at radius 1 is 1.03 bits per heavy atom. The number of furan rings is 1. The number of nitrogens with zero attached hydrogens (tertiary/aromatic N) is 3. The van der Waals surface area contributed by atoms with Crippen LogP contribution in [0.1, 0.15) is 33.0 Å². The lowest BCUT2D eigenvalue weighted by Crippen LogP contribution is -2.25. The minimum Gasteiger partial charge on any atom is -0.434 e. The Morgan fingerprint density at radius 3 is 2.66 bits per heavy atom. The smallest absolute Gasteiger partial charge is 0.416 e. The van der Waals surface area contributed by atoms with Crippen LogP contribution in [0, 0.1) is 0 Å². The van der Waals surface area contributed by atoms with Crippen molar-refractivity contribution in [3.05, 3.63) is 100 Å². The molecule has 5 aromatic rings. The highest BCUT2D eigenvalue weighted by atomic mass is 35.5. The first-order valence-electron chi connectivity index (χ1n) is 10.5. The van der Waals surface area contributed by atoms with Crippen molar-refractivity contribution >= 4 is 39.7 Å². The van der Waals surface area contributed by atoms with Crippen molar-refractivity contribution in [1.29, 1.82) is 0 Å². The van der Waals surface area contributed by atoms with Gasteiger partial charge in [-0.1, -0.05) is 48.0 Å². The molecule has 6 nitrogen and oxygen atoms in total. The van der Waals surface area contributed by atoms with Gasteiger partial charge in [-0.3, -0.25) is 4.79 Å². The predicted octanol–water partition coefficient (Wildman–Crippen LogP) is 5.96. The molecule has 0 aliphatic heterocycles. The van der Waals surface area contributed by atoms with Gasteiger partial charge in [0.15, 0.2) is 5.58 Å². The number of carbonyl (C=O) groups excluding carboxylic acids is 1. The van der Waals surface area contributed by atoms with E-state index < -0.39 is 17.6 Å². The highest BCUT2D eigenvalue weighted by molar-refractivity contribution is 6.31. The zero-order valence-electron chi connectivity index (χ0n) is 17.9. The summed E-state index contributed by atoms with van der Waals surface area (Å²) in [6.45, 7) is 0.149. The summed E-state index contributed by atoms with van der Waals surface area (Å²) in [6.07, 6.45) is -2.95. The second-order valence-electron chi connectivity index (χ2n) is 7.78. The van der Waals surface area contributed by atoms with Crippen LogP contribution in [0.4, 0.5) is 13.2 Å². The molecule has 0 unspecified atom stereocenters. The summed E-state index contributed by atoms with van der Waals surface area (Å²) < 4.78 is 45.4. The van der Waals surface area contributed by atoms with Crippen LogP contribution in [0.15, 0.2) is 71.3 Å². The maximum Gasteiger partial charge on any atom is 0.416 e. The van der Waals surface area contributed by atoms with Crippen molar-refractivity contribution in [2.24, 2.45) is 0 Å². The Hall–Kier alpha value is -3.98. The molecule has 0 atom stereocenters. The van der Waals surface area contributed by atoms with Gasteiger partial charge in [-0.2, -0.15) is 13.2 Å². The van der Waals surface area contributed by atoms with Gasteiger partial charge in [-0.15, -0.1) is 0 Å². The van der Waals surface area contributed by atoms with Gasteiger partial charge in [0.05, 0.1) is 16.6 Å². The molecule has 0 aliphatic carbocycles. The van der Waals surface area contributed by atoms with Gasteiger partial charge in [0.1, 0.15) is 5.52 Å². The van der Waals surface area contributed by atoms with E-state index in [0.717, 1.165) is 12.1 Å². The van der Waals surface area contributed by atoms with Gasteiger partial charge in [0, 0.05) is 24.2 Å². The fraction of sp³-hybridized carbons (Fsp3) is 0.120. The lowest BCUT2D eigenvalue weighted by molar-refractivity contribution is -0.137. The van der Waals surface area contributed by atoms with Crippen molar-refractivity contribution in [2.75, 3.05) is 0 Å². The molecule has 2 aromatic carbocycles. The zero-order valence-corrected chi connectivity index (χ0v) is 18.7. The Bertz CT molecular complexity index is 1570. The van der Waals surface area contributed by atoms with E-state index >= 15 is 0 Å². The van der Waals surface area contributed by atoms with Gasteiger partial charge in [-0.05, 0) is 35.4 Å². The van der Waals surface area contributed by atoms with E-state index in [1.54, 1.807) is 48.7 Å². The number of alkyl halides is 3. The molecule has 0 fully saturated rings. The summed E-state index contributed by atoms with van der Waals surface area (Å²) >= 11 is 6.16. The van der Waals surface area contributed by atoms with Crippen molar-refractivity contribution in [2.45, 2.75) is 19.1 Å². The molecule has 35 heavy (non-hydrogen) atoms. The van der Waals surface area contributed by atoms with Crippen LogP contribution < -0.4 is 5.32 Å². The number of nitrogens with one attached hydrogen (secondary N) is 1. The molecule has 10 heteroatoms. The summed E-state index contributed by atoms with van der Waals surface area (Å²) in [5, 5.41) is 3.80. The maximum absolute atomic E-state index is 13.2. The number of amides is 1. The predicted molar refractivity (Wildman–Crippen MR) is 124 cm³/mol. The Labute approximate surface area is 201 Å². The van der Waals surface area contributed by atoms with Gasteiger partial charge in [0.2, 0.25) is 11.5 Å². The molecule has 0 spiro atoms. The first-order chi connectivity index (χ1) is 16.8. The molecule has 0 aliphatic rings. The van der Waals surface area contributed by atoms with E-state index in [-0.39, 0.29) is 35.8 Å². The van der Waals surface area contributed by atoms with Crippen LogP contribution in [0.3, 0.4) is 0 Å². The Morgan fingerprint density at radius 2 is 1.86 bits per heavy atom. The van der Waals surface area contributed by atoms with Crippen molar-refractivity contribution in [3.8, 4) is 0 Å². The van der Waals surface area contributed by atoms with Crippen LogP contribution in [0.2, 0.25) is 5.02 Å². The van der Waals surface area contributed by atoms with Gasteiger partial charge in [0.25, 0.3) is 5.91 Å². The minimum absolute atomic E-state index is 0.00639. The molecule has 1 N–H and O–H groups in total. The van der Waals surface area contributed by atoms with Crippen molar-refractivity contribution < 1.29 is 22.4 Å². The van der Waals surface area contributed by atoms with Crippen LogP contribution in [-0.4, -0.2) is 20.9 Å². The molecule has 176 valence electrons. The third-order valence-electron chi connectivity index (χ3n) is 5.39. The first-order valence-corrected chi connectivity index (χ1v) is 10.9. The van der Waals surface area contributed by atoms with Gasteiger partial charge in [-0.25, -0.2) is 15.0 Å². The molecule has 0 radical (unpaired) electrons. The summed E-state index contributed by atoms with van der Waals surface area (Å²) in [4.78, 5) is 25.9. The number of hydrogen-bond acceptors (Lipinski definition) is 5. The topological polar surface area (TPSA) is 80.9 Å². The van der Waals surface area contributed by atoms with Gasteiger partial charge >= 0.3 is 6.18 Å². The number of pyridine rings is 1. The number of rotatable bonds is 5. The van der Waals surface area contributed by atoms with Crippen LogP contribution in [-0.2, 0) is 19.1 Å². The molecule has 1 amide bonds. The zero-order chi connectivity index (χ0) is 24.6. The van der Waals surface area contributed by atoms with E-state index in [9.17, 15) is 18.0 Å². The second-order valence-corrected chi connectivity index (χ2v) is 8.19. The Kier molecular flexibility index (Phi) is 5.86. The molecule has 3 heterocycles. The minimum atomic E-state index is -4.48. The van der Waals surface area contributed by atoms with Crippen molar-refractivity contribution in [3.63, 3.8) is 0 Å². The second kappa shape index (κ2) is 8.99. The number of aromatic nitrogens is 3. The fourth-order valence-electron chi connectivity index (χ4n) is 3.70. The fourth-order valence-corrected chi connectivity index (χ4v) is 3.91. The van der Waals surface area contributed by atoms with E-state index in [0.29, 0.717) is 27.1 Å². The molecule has 5 rings (SSSR count). The van der Waals surface area contributed by atoms with Crippen LogP contribution in [0.25, 0.3) is 22.2 Å². The maximum atomic E-state index is 13.2. The number of fused-ring (bicyclic) bond motifs is 3. The SMILES string of the molecule is O=C(NCc1ccccc1Cl)c1nc(Cc2cccc(C(F)(F)F)c2)c2oc3ncccc3c2n1. The molecular weight excluding hydrogens is 481 g/mol. The number of carbonyl (C=O) groups is 1. The lowest BCUT2D eigenvalue weighted by Gasteiger charge is -2.10. The van der Waals surface area contributed by atoms with E-state index in [1.165, 1.54) is 6.07 Å². The highest BCUT2D eigenvalue weighted by Gasteiger charge is 2.30. The van der Waals surface area contributed by atoms with Crippen molar-refractivity contribution in [1.82, 2.24) is 20.3 Å². The van der Waals surface area contributed by atoms with E-state index in [2.05, 4.69) is 20.3 Å². The average molecular weight is 497 g/mol.